The Hall–Kier alpha value is -2.76. The number of nitrogens with one attached hydrogen (secondary N) is 1. The van der Waals surface area contributed by atoms with E-state index in [1.807, 2.05) is 39.8 Å². The van der Waals surface area contributed by atoms with E-state index in [0.29, 0.717) is 17.6 Å². The molecule has 5 N–H and O–H groups in total. The summed E-state index contributed by atoms with van der Waals surface area (Å²) in [6.45, 7) is 9.35. The zero-order valence-electron chi connectivity index (χ0n) is 24.8. The smallest absolute Gasteiger partial charge is 0.405 e. The first kappa shape index (κ1) is 33.4. The molecule has 2 amide bonds. The average molecular weight is 563 g/mol. The lowest BCUT2D eigenvalue weighted by atomic mass is 9.83. The van der Waals surface area contributed by atoms with Gasteiger partial charge in [-0.1, -0.05) is 45.1 Å². The highest BCUT2D eigenvalue weighted by Crippen LogP contribution is 2.32. The van der Waals surface area contributed by atoms with Crippen molar-refractivity contribution in [2.75, 3.05) is 21.3 Å². The summed E-state index contributed by atoms with van der Waals surface area (Å²) in [6, 6.07) is 0. The number of methoxy groups -OCH3 is 3. The second-order valence-corrected chi connectivity index (χ2v) is 10.7. The van der Waals surface area contributed by atoms with Gasteiger partial charge in [0, 0.05) is 44.4 Å². The van der Waals surface area contributed by atoms with Gasteiger partial charge < -0.3 is 40.2 Å². The Morgan fingerprint density at radius 1 is 0.975 bits per heavy atom. The van der Waals surface area contributed by atoms with E-state index in [-0.39, 0.29) is 35.7 Å². The van der Waals surface area contributed by atoms with Gasteiger partial charge in [0.15, 0.2) is 0 Å². The van der Waals surface area contributed by atoms with Crippen LogP contribution in [0.25, 0.3) is 0 Å². The molecule has 40 heavy (non-hydrogen) atoms. The Labute approximate surface area is 237 Å². The largest absolute Gasteiger partial charge is 0.441 e. The van der Waals surface area contributed by atoms with Crippen LogP contribution in [0.15, 0.2) is 58.9 Å². The van der Waals surface area contributed by atoms with Gasteiger partial charge in [0.2, 0.25) is 0 Å². The molecule has 2 aliphatic rings. The van der Waals surface area contributed by atoms with E-state index >= 15 is 0 Å². The van der Waals surface area contributed by atoms with Gasteiger partial charge in [0.05, 0.1) is 24.4 Å². The molecule has 0 radical (unpaired) electrons. The maximum atomic E-state index is 12.9. The lowest BCUT2D eigenvalue weighted by Gasteiger charge is -2.36. The number of amides is 2. The van der Waals surface area contributed by atoms with Gasteiger partial charge in [-0.3, -0.25) is 4.79 Å². The SMILES string of the molecule is COC1CC(C)C(OC)C2=CC(O)C=C(NC(=O)/C(C)=C\C=C/C(C)C(OC(N)=O)/C(C)=C\C(C)C1OC)C2O. The van der Waals surface area contributed by atoms with Crippen molar-refractivity contribution in [1.82, 2.24) is 5.32 Å². The van der Waals surface area contributed by atoms with Crippen LogP contribution in [0.3, 0.4) is 0 Å². The lowest BCUT2D eigenvalue weighted by Crippen LogP contribution is -2.42. The van der Waals surface area contributed by atoms with Crippen LogP contribution < -0.4 is 11.1 Å². The molecule has 0 saturated heterocycles. The molecular weight excluding hydrogens is 516 g/mol. The lowest BCUT2D eigenvalue weighted by molar-refractivity contribution is -0.117. The van der Waals surface area contributed by atoms with Crippen molar-refractivity contribution in [2.24, 2.45) is 23.5 Å². The van der Waals surface area contributed by atoms with E-state index in [1.165, 1.54) is 13.2 Å². The summed E-state index contributed by atoms with van der Waals surface area (Å²) in [7, 11) is 4.77. The molecule has 1 aliphatic heterocycles. The van der Waals surface area contributed by atoms with Crippen LogP contribution in [0.4, 0.5) is 4.79 Å². The second kappa shape index (κ2) is 15.3. The zero-order chi connectivity index (χ0) is 30.1. The Balaban J connectivity index is 2.60. The van der Waals surface area contributed by atoms with Crippen LogP contribution in [0, 0.1) is 17.8 Å². The summed E-state index contributed by atoms with van der Waals surface area (Å²) >= 11 is 0. The quantitative estimate of drug-likeness (QED) is 0.382. The molecule has 224 valence electrons. The number of aliphatic hydroxyl groups excluding tert-OH is 2. The number of allylic oxidation sites excluding steroid dienone is 2. The summed E-state index contributed by atoms with van der Waals surface area (Å²) in [5, 5.41) is 24.5. The van der Waals surface area contributed by atoms with E-state index in [0.717, 1.165) is 5.57 Å². The van der Waals surface area contributed by atoms with Crippen molar-refractivity contribution in [2.45, 2.75) is 77.7 Å². The van der Waals surface area contributed by atoms with Crippen molar-refractivity contribution >= 4 is 12.0 Å². The summed E-state index contributed by atoms with van der Waals surface area (Å²) in [6.07, 6.45) is 5.55. The van der Waals surface area contributed by atoms with Gasteiger partial charge in [-0.15, -0.1) is 0 Å². The fourth-order valence-electron chi connectivity index (χ4n) is 5.53. The molecule has 0 fully saturated rings. The molecule has 9 atom stereocenters. The highest BCUT2D eigenvalue weighted by atomic mass is 16.6. The molecule has 1 heterocycles. The number of carbonyl (C=O) groups is 2. The predicted molar refractivity (Wildman–Crippen MR) is 152 cm³/mol. The van der Waals surface area contributed by atoms with Crippen LogP contribution in [0.5, 0.6) is 0 Å². The molecule has 2 bridgehead atoms. The molecule has 0 aromatic rings. The van der Waals surface area contributed by atoms with Crippen molar-refractivity contribution in [3.63, 3.8) is 0 Å². The van der Waals surface area contributed by atoms with Crippen LogP contribution in [-0.2, 0) is 23.7 Å². The normalized spacial score (nSPS) is 38.0. The van der Waals surface area contributed by atoms with Crippen molar-refractivity contribution in [3.8, 4) is 0 Å². The highest BCUT2D eigenvalue weighted by Gasteiger charge is 2.36. The number of carbonyl (C=O) groups excluding carboxylic acids is 2. The maximum absolute atomic E-state index is 12.9. The second-order valence-electron chi connectivity index (χ2n) is 10.7. The Bertz CT molecular complexity index is 1050. The van der Waals surface area contributed by atoms with Crippen LogP contribution in [0.2, 0.25) is 0 Å². The van der Waals surface area contributed by atoms with Crippen LogP contribution in [-0.4, -0.2) is 80.2 Å². The number of ether oxygens (including phenoxy) is 4. The van der Waals surface area contributed by atoms with Crippen molar-refractivity contribution in [1.29, 1.82) is 0 Å². The number of aliphatic hydroxyl groups is 2. The zero-order valence-corrected chi connectivity index (χ0v) is 24.8. The molecule has 2 rings (SSSR count). The number of hydrogen-bond donors (Lipinski definition) is 4. The fraction of sp³-hybridized carbons (Fsp3) is 0.600. The first-order valence-electron chi connectivity index (χ1n) is 13.5. The summed E-state index contributed by atoms with van der Waals surface area (Å²) in [5.74, 6) is -1.02. The predicted octanol–water partition coefficient (Wildman–Crippen LogP) is 2.92. The molecule has 0 aromatic heterocycles. The van der Waals surface area contributed by atoms with Gasteiger partial charge in [0.1, 0.15) is 12.2 Å². The van der Waals surface area contributed by atoms with Gasteiger partial charge in [-0.05, 0) is 49.5 Å². The fourth-order valence-corrected chi connectivity index (χ4v) is 5.53. The first-order valence-corrected chi connectivity index (χ1v) is 13.5. The van der Waals surface area contributed by atoms with Crippen molar-refractivity contribution in [3.05, 3.63) is 58.9 Å². The standard InChI is InChI=1S/C30H46N2O8/c1-16-10-9-11-17(2)29(35)32-23-15-21(33)14-22(25(23)34)27(38-7)20(5)13-24(37-6)28(39-8)19(4)12-18(3)26(16)40-30(31)36/h9-12,14-16,19-21,24-28,33-34H,13H2,1-8H3,(H2,31,36)(H,32,35)/b10-9-,17-11-,18-12-. The highest BCUT2D eigenvalue weighted by molar-refractivity contribution is 5.94. The molecule has 0 aromatic carbocycles. The molecular formula is C30H46N2O8. The van der Waals surface area contributed by atoms with Crippen molar-refractivity contribution < 1.29 is 38.7 Å². The van der Waals surface area contributed by atoms with Crippen LogP contribution >= 0.6 is 0 Å². The van der Waals surface area contributed by atoms with Gasteiger partial charge in [0.25, 0.3) is 5.91 Å². The minimum Gasteiger partial charge on any atom is -0.441 e. The average Bonchev–Trinajstić information content (AvgIpc) is 2.88. The Kier molecular flexibility index (Phi) is 12.8. The van der Waals surface area contributed by atoms with E-state index < -0.39 is 36.4 Å². The molecule has 10 heteroatoms. The molecule has 10 nitrogen and oxygen atoms in total. The van der Waals surface area contributed by atoms with Gasteiger partial charge in [-0.2, -0.15) is 0 Å². The third-order valence-corrected chi connectivity index (χ3v) is 7.56. The third-order valence-electron chi connectivity index (χ3n) is 7.56. The van der Waals surface area contributed by atoms with E-state index in [9.17, 15) is 19.8 Å². The number of primary amides is 1. The van der Waals surface area contributed by atoms with Gasteiger partial charge in [-0.25, -0.2) is 4.79 Å². The third kappa shape index (κ3) is 8.62. The van der Waals surface area contributed by atoms with Crippen LogP contribution in [0.1, 0.15) is 41.0 Å². The topological polar surface area (TPSA) is 150 Å². The van der Waals surface area contributed by atoms with E-state index in [2.05, 4.69) is 5.32 Å². The minimum absolute atomic E-state index is 0.139. The number of rotatable bonds is 4. The Morgan fingerprint density at radius 3 is 2.23 bits per heavy atom. The minimum atomic E-state index is -1.18. The monoisotopic (exact) mass is 562 g/mol. The van der Waals surface area contributed by atoms with E-state index in [4.69, 9.17) is 24.7 Å². The first-order chi connectivity index (χ1) is 18.8. The number of fused-ring (bicyclic) bond motifs is 2. The summed E-state index contributed by atoms with van der Waals surface area (Å²) < 4.78 is 23.1. The molecule has 0 saturated carbocycles. The van der Waals surface area contributed by atoms with E-state index in [1.54, 1.807) is 39.4 Å². The number of hydrogen-bond acceptors (Lipinski definition) is 8. The summed E-state index contributed by atoms with van der Waals surface area (Å²) in [5.41, 5.74) is 7.18. The number of nitrogens with two attached hydrogens (primary N) is 1. The summed E-state index contributed by atoms with van der Waals surface area (Å²) in [4.78, 5) is 24.7. The molecule has 1 aliphatic carbocycles. The maximum Gasteiger partial charge on any atom is 0.405 e. The molecule has 9 unspecified atom stereocenters. The molecule has 0 spiro atoms. The Morgan fingerprint density at radius 2 is 1.65 bits per heavy atom. The van der Waals surface area contributed by atoms with Gasteiger partial charge >= 0.3 is 6.09 Å².